The molecule has 1 atom stereocenters. The molecular formula is C16H22FN3O4S. The first-order valence-corrected chi connectivity index (χ1v) is 10.4. The van der Waals surface area contributed by atoms with Crippen molar-refractivity contribution in [3.05, 3.63) is 18.2 Å². The highest BCUT2D eigenvalue weighted by molar-refractivity contribution is 7.92. The second-order valence-corrected chi connectivity index (χ2v) is 9.76. The summed E-state index contributed by atoms with van der Waals surface area (Å²) in [5.74, 6) is -0.355. The van der Waals surface area contributed by atoms with Crippen molar-refractivity contribution in [1.29, 1.82) is 0 Å². The van der Waals surface area contributed by atoms with E-state index >= 15 is 0 Å². The Hall–Kier alpha value is -1.48. The summed E-state index contributed by atoms with van der Waals surface area (Å²) < 4.78 is 45.4. The van der Waals surface area contributed by atoms with Crippen LogP contribution in [0.3, 0.4) is 0 Å². The molecule has 2 saturated heterocycles. The molecular weight excluding hydrogens is 349 g/mol. The fraction of sp³-hybridized carbons (Fsp3) is 0.750. The minimum atomic E-state index is -3.40. The van der Waals surface area contributed by atoms with Crippen molar-refractivity contribution in [3.63, 3.8) is 0 Å². The quantitative estimate of drug-likeness (QED) is 0.778. The molecule has 3 heterocycles. The Bertz CT molecular complexity index is 766. The van der Waals surface area contributed by atoms with Gasteiger partial charge in [-0.3, -0.25) is 9.48 Å². The summed E-state index contributed by atoms with van der Waals surface area (Å²) in [6.07, 6.45) is 6.28. The summed E-state index contributed by atoms with van der Waals surface area (Å²) >= 11 is 0. The lowest BCUT2D eigenvalue weighted by Gasteiger charge is -2.52. The van der Waals surface area contributed by atoms with E-state index in [2.05, 4.69) is 5.10 Å². The van der Waals surface area contributed by atoms with Gasteiger partial charge in [-0.2, -0.15) is 5.10 Å². The molecule has 0 aromatic carbocycles. The van der Waals surface area contributed by atoms with Crippen LogP contribution in [0.15, 0.2) is 12.4 Å². The molecule has 0 unspecified atom stereocenters. The van der Waals surface area contributed by atoms with Gasteiger partial charge in [0.1, 0.15) is 10.9 Å². The normalized spacial score (nSPS) is 28.2. The minimum absolute atomic E-state index is 0.0509. The number of sulfone groups is 1. The van der Waals surface area contributed by atoms with Gasteiger partial charge in [0.15, 0.2) is 15.7 Å². The van der Waals surface area contributed by atoms with Gasteiger partial charge in [0.25, 0.3) is 0 Å². The van der Waals surface area contributed by atoms with E-state index in [-0.39, 0.29) is 30.7 Å². The van der Waals surface area contributed by atoms with E-state index in [1.165, 1.54) is 10.9 Å². The molecule has 1 aromatic rings. The zero-order valence-electron chi connectivity index (χ0n) is 13.9. The van der Waals surface area contributed by atoms with Crippen LogP contribution in [0.2, 0.25) is 0 Å². The number of hydrogen-bond donors (Lipinski definition) is 0. The molecule has 1 aliphatic carbocycles. The van der Waals surface area contributed by atoms with Crippen LogP contribution in [0.4, 0.5) is 4.39 Å². The lowest BCUT2D eigenvalue weighted by molar-refractivity contribution is -0.168. The third-order valence-corrected chi connectivity index (χ3v) is 7.74. The predicted octanol–water partition coefficient (Wildman–Crippen LogP) is 0.607. The number of rotatable bonds is 3. The van der Waals surface area contributed by atoms with Crippen LogP contribution >= 0.6 is 0 Å². The maximum absolute atomic E-state index is 13.0. The molecule has 1 saturated carbocycles. The van der Waals surface area contributed by atoms with Crippen molar-refractivity contribution in [2.75, 3.05) is 25.4 Å². The molecule has 2 aliphatic heterocycles. The highest BCUT2D eigenvalue weighted by atomic mass is 32.2. The molecule has 138 valence electrons. The Labute approximate surface area is 146 Å². The summed E-state index contributed by atoms with van der Waals surface area (Å²) in [6, 6.07) is 0. The Morgan fingerprint density at radius 1 is 1.36 bits per heavy atom. The smallest absolute Gasteiger partial charge is 0.225 e. The summed E-state index contributed by atoms with van der Waals surface area (Å²) in [7, 11) is -3.40. The molecule has 4 rings (SSSR count). The number of carbonyl (C=O) groups excluding carboxylic acids is 1. The van der Waals surface area contributed by atoms with Gasteiger partial charge < -0.3 is 9.64 Å². The summed E-state index contributed by atoms with van der Waals surface area (Å²) in [5.41, 5.74) is -0.765. The molecule has 0 radical (unpaired) electrons. The molecule has 0 N–H and O–H groups in total. The number of carbonyl (C=O) groups is 1. The topological polar surface area (TPSA) is 81.5 Å². The minimum Gasteiger partial charge on any atom is -0.369 e. The molecule has 25 heavy (non-hydrogen) atoms. The zero-order valence-corrected chi connectivity index (χ0v) is 14.8. The molecule has 3 fully saturated rings. The van der Waals surface area contributed by atoms with Gasteiger partial charge in [-0.15, -0.1) is 0 Å². The van der Waals surface area contributed by atoms with E-state index in [1.54, 1.807) is 4.90 Å². The van der Waals surface area contributed by atoms with Crippen molar-refractivity contribution in [2.24, 2.45) is 5.92 Å². The van der Waals surface area contributed by atoms with Crippen molar-refractivity contribution < 1.29 is 22.3 Å². The Morgan fingerprint density at radius 2 is 2.08 bits per heavy atom. The Kier molecular flexibility index (Phi) is 4.10. The van der Waals surface area contributed by atoms with Crippen LogP contribution in [0.25, 0.3) is 0 Å². The van der Waals surface area contributed by atoms with Crippen molar-refractivity contribution in [2.45, 2.75) is 43.1 Å². The number of hydrogen-bond acceptors (Lipinski definition) is 5. The van der Waals surface area contributed by atoms with E-state index in [0.717, 1.165) is 31.9 Å². The van der Waals surface area contributed by atoms with Gasteiger partial charge >= 0.3 is 0 Å². The second-order valence-electron chi connectivity index (χ2n) is 7.48. The first-order chi connectivity index (χ1) is 11.9. The molecule has 7 nitrogen and oxygen atoms in total. The number of likely N-dealkylation sites (tertiary alicyclic amines) is 1. The van der Waals surface area contributed by atoms with E-state index in [0.29, 0.717) is 13.1 Å². The van der Waals surface area contributed by atoms with Gasteiger partial charge in [0.05, 0.1) is 44.4 Å². The average molecular weight is 371 g/mol. The third-order valence-electron chi connectivity index (χ3n) is 5.51. The summed E-state index contributed by atoms with van der Waals surface area (Å²) in [4.78, 5) is 14.1. The maximum atomic E-state index is 13.0. The molecule has 9 heteroatoms. The molecule has 1 aromatic heterocycles. The number of halogens is 1. The highest BCUT2D eigenvalue weighted by Gasteiger charge is 2.54. The Balaban J connectivity index is 1.37. The van der Waals surface area contributed by atoms with Crippen LogP contribution in [-0.2, 0) is 25.9 Å². The van der Waals surface area contributed by atoms with Crippen LogP contribution in [0.1, 0.15) is 25.7 Å². The second kappa shape index (κ2) is 6.05. The third kappa shape index (κ3) is 3.19. The fourth-order valence-corrected chi connectivity index (χ4v) is 6.02. The maximum Gasteiger partial charge on any atom is 0.225 e. The van der Waals surface area contributed by atoms with Gasteiger partial charge in [-0.25, -0.2) is 12.8 Å². The van der Waals surface area contributed by atoms with Gasteiger partial charge in [0, 0.05) is 5.92 Å². The summed E-state index contributed by atoms with van der Waals surface area (Å²) in [5, 5.41) is 3.06. The largest absolute Gasteiger partial charge is 0.369 e. The van der Waals surface area contributed by atoms with Gasteiger partial charge in [0.2, 0.25) is 5.91 Å². The molecule has 3 aliphatic rings. The molecule has 1 amide bonds. The van der Waals surface area contributed by atoms with Crippen LogP contribution in [0, 0.1) is 11.7 Å². The standard InChI is InChI=1S/C16H22FN3O4S/c17-13-5-18-20(6-13)7-14-8-24-16(11-25(14,22)23)9-19(10-16)15(21)12-3-1-2-4-12/h5-6,12,14H,1-4,7-11H2/t14-/m0/s1. The van der Waals surface area contributed by atoms with Crippen LogP contribution in [-0.4, -0.2) is 65.3 Å². The highest BCUT2D eigenvalue weighted by Crippen LogP contribution is 2.36. The van der Waals surface area contributed by atoms with Crippen molar-refractivity contribution in [1.82, 2.24) is 14.7 Å². The zero-order chi connectivity index (χ0) is 17.7. The van der Waals surface area contributed by atoms with Crippen molar-refractivity contribution >= 4 is 15.7 Å². The molecule has 1 spiro atoms. The lowest BCUT2D eigenvalue weighted by atomic mass is 9.93. The number of nitrogens with zero attached hydrogens (tertiary/aromatic N) is 3. The van der Waals surface area contributed by atoms with Crippen molar-refractivity contribution in [3.8, 4) is 0 Å². The first-order valence-electron chi connectivity index (χ1n) is 8.69. The Morgan fingerprint density at radius 3 is 2.68 bits per heavy atom. The average Bonchev–Trinajstić information content (AvgIpc) is 3.17. The number of amides is 1. The van der Waals surface area contributed by atoms with E-state index in [9.17, 15) is 17.6 Å². The van der Waals surface area contributed by atoms with Gasteiger partial charge in [-0.1, -0.05) is 12.8 Å². The van der Waals surface area contributed by atoms with Crippen LogP contribution < -0.4 is 0 Å². The van der Waals surface area contributed by atoms with Gasteiger partial charge in [-0.05, 0) is 12.8 Å². The molecule has 0 bridgehead atoms. The lowest BCUT2D eigenvalue weighted by Crippen LogP contribution is -2.71. The first kappa shape index (κ1) is 17.0. The summed E-state index contributed by atoms with van der Waals surface area (Å²) in [6.45, 7) is 0.831. The fourth-order valence-electron chi connectivity index (χ4n) is 4.13. The number of aromatic nitrogens is 2. The van der Waals surface area contributed by atoms with E-state index in [4.69, 9.17) is 4.74 Å². The SMILES string of the molecule is O=C(C1CCCC1)N1CC2(C1)CS(=O)(=O)[C@@H](Cn1cc(F)cn1)CO2. The predicted molar refractivity (Wildman–Crippen MR) is 87.0 cm³/mol. The van der Waals surface area contributed by atoms with E-state index < -0.39 is 26.5 Å². The number of ether oxygens (including phenoxy) is 1. The van der Waals surface area contributed by atoms with Crippen LogP contribution in [0.5, 0.6) is 0 Å². The monoisotopic (exact) mass is 371 g/mol. The van der Waals surface area contributed by atoms with E-state index in [1.807, 2.05) is 0 Å².